The van der Waals surface area contributed by atoms with Crippen LogP contribution in [-0.4, -0.2) is 40.2 Å². The summed E-state index contributed by atoms with van der Waals surface area (Å²) in [6, 6.07) is 12.1. The Morgan fingerprint density at radius 3 is 2.36 bits per heavy atom. The Morgan fingerprint density at radius 1 is 1.03 bits per heavy atom. The predicted molar refractivity (Wildman–Crippen MR) is 129 cm³/mol. The number of pyridine rings is 1. The molecule has 2 amide bonds. The number of hydrogen-bond donors (Lipinski definition) is 3. The number of carbonyl (C=O) groups excluding carboxylic acids is 2. The summed E-state index contributed by atoms with van der Waals surface area (Å²) >= 11 is 13.5. The monoisotopic (exact) mass is 505 g/mol. The number of rotatable bonds is 6. The van der Waals surface area contributed by atoms with E-state index in [9.17, 15) is 19.5 Å². The molecule has 0 unspecified atom stereocenters. The molecule has 0 bridgehead atoms. The number of hydrogen-bond acceptors (Lipinski definition) is 5. The minimum absolute atomic E-state index is 0.0318. The van der Waals surface area contributed by atoms with Crippen molar-refractivity contribution in [3.63, 3.8) is 0 Å². The van der Waals surface area contributed by atoms with E-state index < -0.39 is 0 Å². The van der Waals surface area contributed by atoms with Crippen LogP contribution in [0.5, 0.6) is 0 Å². The van der Waals surface area contributed by atoms with Crippen LogP contribution in [0.2, 0.25) is 9.36 Å². The van der Waals surface area contributed by atoms with Gasteiger partial charge in [0.15, 0.2) is 0 Å². The van der Waals surface area contributed by atoms with Crippen molar-refractivity contribution in [3.05, 3.63) is 84.9 Å². The van der Waals surface area contributed by atoms with E-state index in [0.29, 0.717) is 33.3 Å². The van der Waals surface area contributed by atoms with Crippen molar-refractivity contribution >= 4 is 46.4 Å². The van der Waals surface area contributed by atoms with E-state index in [4.69, 9.17) is 23.2 Å². The number of benzene rings is 1. The minimum atomic E-state index is -0.357. The second-order valence-corrected chi connectivity index (χ2v) is 9.98. The van der Waals surface area contributed by atoms with Gasteiger partial charge in [0.25, 0.3) is 17.4 Å². The molecule has 0 aliphatic heterocycles. The topological polar surface area (TPSA) is 100 Å². The summed E-state index contributed by atoms with van der Waals surface area (Å²) in [5, 5.41) is 15.8. The predicted octanol–water partition coefficient (Wildman–Crippen LogP) is 3.51. The lowest BCUT2D eigenvalue weighted by Gasteiger charge is -2.22. The average Bonchev–Trinajstić information content (AvgIpc) is 3.40. The molecule has 33 heavy (non-hydrogen) atoms. The third-order valence-electron chi connectivity index (χ3n) is 5.64. The van der Waals surface area contributed by atoms with Crippen LogP contribution in [0, 0.1) is 5.92 Å². The summed E-state index contributed by atoms with van der Waals surface area (Å²) in [5.41, 5.74) is 0.568. The highest BCUT2D eigenvalue weighted by Gasteiger charge is 2.36. The summed E-state index contributed by atoms with van der Waals surface area (Å²) in [6.07, 6.45) is 2.68. The average molecular weight is 506 g/mol. The van der Waals surface area contributed by atoms with Crippen molar-refractivity contribution in [1.82, 2.24) is 15.2 Å². The third-order valence-corrected chi connectivity index (χ3v) is 7.17. The van der Waals surface area contributed by atoms with Crippen LogP contribution >= 0.6 is 34.5 Å². The molecule has 1 saturated carbocycles. The Bertz CT molecular complexity index is 1240. The lowest BCUT2D eigenvalue weighted by atomic mass is 10.1. The molecule has 10 heteroatoms. The molecule has 0 saturated heterocycles. The number of aliphatic hydroxyl groups is 1. The number of nitrogens with zero attached hydrogens (tertiary/aromatic N) is 1. The van der Waals surface area contributed by atoms with Crippen molar-refractivity contribution in [2.24, 2.45) is 5.92 Å². The maximum atomic E-state index is 12.9. The second kappa shape index (κ2) is 10.1. The summed E-state index contributed by atoms with van der Waals surface area (Å²) in [7, 11) is 0. The van der Waals surface area contributed by atoms with Gasteiger partial charge in [-0.2, -0.15) is 0 Å². The number of aromatic nitrogens is 1. The second-order valence-electron chi connectivity index (χ2n) is 7.86. The molecule has 7 nitrogen and oxygen atoms in total. The summed E-state index contributed by atoms with van der Waals surface area (Å²) in [6.45, 7) is -0.0318. The number of aliphatic hydroxyl groups excluding tert-OH is 1. The van der Waals surface area contributed by atoms with Crippen LogP contribution < -0.4 is 16.2 Å². The number of carbonyl (C=O) groups is 2. The van der Waals surface area contributed by atoms with Gasteiger partial charge in [0, 0.05) is 36.5 Å². The highest BCUT2D eigenvalue weighted by molar-refractivity contribution is 7.18. The standard InChI is InChI=1S/C23H21Cl2N3O4S/c24-15-11-14(4-5-18(15)28-8-2-1-3-21(28)30)22(31)26-16-9-13(12-29)10-17(16)27-23(32)19-6-7-20(25)33-19/h1-8,11,13,16-17,29H,9-10,12H2,(H,26,31)(H,27,32)/t13-,16-,17-/m1/s1. The van der Waals surface area contributed by atoms with Gasteiger partial charge in [0.05, 0.1) is 19.9 Å². The molecule has 172 valence electrons. The molecule has 3 aromatic rings. The zero-order chi connectivity index (χ0) is 23.5. The summed E-state index contributed by atoms with van der Waals surface area (Å²) in [5.74, 6) is -0.662. The number of nitrogens with one attached hydrogen (secondary N) is 2. The zero-order valence-electron chi connectivity index (χ0n) is 17.3. The molecule has 4 rings (SSSR count). The molecule has 1 fully saturated rings. The first-order valence-corrected chi connectivity index (χ1v) is 11.9. The Morgan fingerprint density at radius 2 is 1.76 bits per heavy atom. The van der Waals surface area contributed by atoms with Crippen molar-refractivity contribution in [2.45, 2.75) is 24.9 Å². The van der Waals surface area contributed by atoms with E-state index in [-0.39, 0.29) is 47.0 Å². The normalized spacial score (nSPS) is 19.9. The lowest BCUT2D eigenvalue weighted by Crippen LogP contribution is -2.48. The maximum Gasteiger partial charge on any atom is 0.261 e. The van der Waals surface area contributed by atoms with Gasteiger partial charge in [-0.15, -0.1) is 11.3 Å². The Labute approximate surface area is 204 Å². The largest absolute Gasteiger partial charge is 0.396 e. The minimum Gasteiger partial charge on any atom is -0.396 e. The van der Waals surface area contributed by atoms with Gasteiger partial charge in [-0.05, 0) is 55.2 Å². The van der Waals surface area contributed by atoms with Crippen LogP contribution in [0.25, 0.3) is 5.69 Å². The zero-order valence-corrected chi connectivity index (χ0v) is 19.7. The first kappa shape index (κ1) is 23.5. The van der Waals surface area contributed by atoms with Crippen molar-refractivity contribution < 1.29 is 14.7 Å². The van der Waals surface area contributed by atoms with E-state index in [1.807, 2.05) is 0 Å². The Hall–Kier alpha value is -2.65. The first-order chi connectivity index (χ1) is 15.9. The summed E-state index contributed by atoms with van der Waals surface area (Å²) in [4.78, 5) is 38.1. The SMILES string of the molecule is O=C(N[C@@H]1C[C@@H](CO)C[C@H]1NC(=O)c1ccc(Cl)s1)c1ccc(-n2ccccc2=O)c(Cl)c1. The molecule has 1 aliphatic rings. The molecule has 2 aromatic heterocycles. The number of amides is 2. The van der Waals surface area contributed by atoms with Crippen LogP contribution in [0.4, 0.5) is 0 Å². The van der Waals surface area contributed by atoms with Crippen molar-refractivity contribution in [3.8, 4) is 5.69 Å². The highest BCUT2D eigenvalue weighted by Crippen LogP contribution is 2.28. The molecular formula is C23H21Cl2N3O4S. The molecule has 1 aliphatic carbocycles. The van der Waals surface area contributed by atoms with Crippen LogP contribution in [0.3, 0.4) is 0 Å². The fourth-order valence-electron chi connectivity index (χ4n) is 4.01. The highest BCUT2D eigenvalue weighted by atomic mass is 35.5. The van der Waals surface area contributed by atoms with Gasteiger partial charge < -0.3 is 15.7 Å². The lowest BCUT2D eigenvalue weighted by molar-refractivity contribution is 0.0894. The van der Waals surface area contributed by atoms with Gasteiger partial charge in [-0.3, -0.25) is 19.0 Å². The van der Waals surface area contributed by atoms with E-state index >= 15 is 0 Å². The van der Waals surface area contributed by atoms with Crippen LogP contribution in [-0.2, 0) is 0 Å². The van der Waals surface area contributed by atoms with Gasteiger partial charge in [-0.1, -0.05) is 29.3 Å². The fraction of sp³-hybridized carbons (Fsp3) is 0.261. The molecule has 3 N–H and O–H groups in total. The van der Waals surface area contributed by atoms with Gasteiger partial charge in [0.2, 0.25) is 0 Å². The first-order valence-electron chi connectivity index (χ1n) is 10.3. The van der Waals surface area contributed by atoms with Gasteiger partial charge in [0.1, 0.15) is 0 Å². The summed E-state index contributed by atoms with van der Waals surface area (Å²) < 4.78 is 1.91. The van der Waals surface area contributed by atoms with E-state index in [2.05, 4.69) is 10.6 Å². The molecule has 0 spiro atoms. The van der Waals surface area contributed by atoms with E-state index in [1.165, 1.54) is 28.0 Å². The van der Waals surface area contributed by atoms with Gasteiger partial charge >= 0.3 is 0 Å². The van der Waals surface area contributed by atoms with Crippen molar-refractivity contribution in [1.29, 1.82) is 0 Å². The van der Waals surface area contributed by atoms with E-state index in [1.54, 1.807) is 42.6 Å². The Kier molecular flexibility index (Phi) is 7.19. The molecule has 1 aromatic carbocycles. The molecule has 2 heterocycles. The smallest absolute Gasteiger partial charge is 0.261 e. The van der Waals surface area contributed by atoms with Gasteiger partial charge in [-0.25, -0.2) is 0 Å². The van der Waals surface area contributed by atoms with E-state index in [0.717, 1.165) is 0 Å². The molecule has 0 radical (unpaired) electrons. The quantitative estimate of drug-likeness (QED) is 0.477. The molecule has 3 atom stereocenters. The maximum absolute atomic E-state index is 12.9. The number of thiophene rings is 1. The van der Waals surface area contributed by atoms with Crippen molar-refractivity contribution in [2.75, 3.05) is 6.61 Å². The Balaban J connectivity index is 1.48. The number of halogens is 2. The third kappa shape index (κ3) is 5.30. The molecular weight excluding hydrogens is 485 g/mol. The van der Waals surface area contributed by atoms with Crippen LogP contribution in [0.1, 0.15) is 32.9 Å². The van der Waals surface area contributed by atoms with Crippen LogP contribution in [0.15, 0.2) is 59.5 Å². The fourth-order valence-corrected chi connectivity index (χ4v) is 5.23.